The van der Waals surface area contributed by atoms with Gasteiger partial charge >= 0.3 is 47.9 Å². The van der Waals surface area contributed by atoms with Gasteiger partial charge in [0.25, 0.3) is 0 Å². The summed E-state index contributed by atoms with van der Waals surface area (Å²) in [6, 6.07) is 37.3. The second kappa shape index (κ2) is 33.8. The van der Waals surface area contributed by atoms with Crippen molar-refractivity contribution in [2.45, 2.75) is 120 Å². The molecule has 0 aromatic heterocycles. The van der Waals surface area contributed by atoms with Gasteiger partial charge in [0.1, 0.15) is 43.9 Å². The molecular weight excluding hydrogens is 1100 g/mol. The van der Waals surface area contributed by atoms with Crippen molar-refractivity contribution in [3.05, 3.63) is 127 Å². The number of aliphatic hydroxyl groups excluding tert-OH is 3. The zero-order chi connectivity index (χ0) is 59.4. The minimum absolute atomic E-state index is 0. The van der Waals surface area contributed by atoms with Crippen LogP contribution in [0.5, 0.6) is 0 Å². The van der Waals surface area contributed by atoms with Crippen molar-refractivity contribution in [1.82, 2.24) is 21.3 Å². The fourth-order valence-corrected chi connectivity index (χ4v) is 11.2. The molecule has 2 heterocycles. The van der Waals surface area contributed by atoms with E-state index in [1.807, 2.05) is 6.07 Å². The third kappa shape index (κ3) is 17.0. The topological polar surface area (TPSA) is 285 Å². The zero-order valence-corrected chi connectivity index (χ0v) is 50.4. The van der Waals surface area contributed by atoms with Gasteiger partial charge in [0.15, 0.2) is 12.6 Å². The maximum absolute atomic E-state index is 12.5. The molecule has 9 atom stereocenters. The first-order valence-corrected chi connectivity index (χ1v) is 28.6. The largest absolute Gasteiger partial charge is 1.00 e. The molecule has 448 valence electrons. The maximum Gasteiger partial charge on any atom is 1.00 e. The van der Waals surface area contributed by atoms with Gasteiger partial charge in [-0.1, -0.05) is 135 Å². The number of alkyl carbamates (subject to hydrolysis) is 2. The van der Waals surface area contributed by atoms with E-state index in [2.05, 4.69) is 124 Å². The van der Waals surface area contributed by atoms with Crippen LogP contribution in [-0.4, -0.2) is 149 Å². The Balaban J connectivity index is 0.000000271. The Hall–Kier alpha value is -6.01. The number of carbonyl (C=O) groups excluding carboxylic acids is 5. The molecule has 0 spiro atoms. The van der Waals surface area contributed by atoms with Crippen LogP contribution in [0.2, 0.25) is 0 Å². The fourth-order valence-electron chi connectivity index (χ4n) is 11.2. The molecule has 9 N–H and O–H groups in total. The third-order valence-electron chi connectivity index (χ3n) is 15.5. The van der Waals surface area contributed by atoms with E-state index in [9.17, 15) is 29.7 Å². The number of hydrogen-bond acceptors (Lipinski definition) is 18. The number of nitrogens with one attached hydrogen (secondary N) is 4. The van der Waals surface area contributed by atoms with E-state index >= 15 is 0 Å². The van der Waals surface area contributed by atoms with Crippen LogP contribution in [0.25, 0.3) is 64.6 Å². The van der Waals surface area contributed by atoms with E-state index in [1.165, 1.54) is 74.7 Å². The molecule has 20 nitrogen and oxygen atoms in total. The molecule has 2 aliphatic rings. The average Bonchev–Trinajstić information content (AvgIpc) is 2.09. The first-order chi connectivity index (χ1) is 41.0. The summed E-state index contributed by atoms with van der Waals surface area (Å²) in [6.07, 6.45) is -1.05. The molecule has 0 aliphatic carbocycles. The molecule has 8 aromatic carbocycles. The number of amides is 2. The Morgan fingerprint density at radius 2 is 1.08 bits per heavy atom. The third-order valence-corrected chi connectivity index (χ3v) is 15.5. The van der Waals surface area contributed by atoms with Gasteiger partial charge in [-0.2, -0.15) is 16.2 Å². The second-order valence-electron chi connectivity index (χ2n) is 20.9. The van der Waals surface area contributed by atoms with E-state index in [0.29, 0.717) is 25.9 Å². The molecule has 8 aromatic rings. The fraction of sp³-hybridized carbons (Fsp3) is 0.422. The first-order valence-electron chi connectivity index (χ1n) is 28.6. The van der Waals surface area contributed by atoms with Gasteiger partial charge < -0.3 is 80.3 Å². The molecule has 10 rings (SSSR count). The van der Waals surface area contributed by atoms with Crippen molar-refractivity contribution < 1.29 is 102 Å². The zero-order valence-electron chi connectivity index (χ0n) is 48.4. The van der Waals surface area contributed by atoms with Crippen LogP contribution in [0, 0.1) is 6.61 Å². The smallest absolute Gasteiger partial charge is 0.525 e. The maximum atomic E-state index is 12.5. The minimum atomic E-state index is -1.46. The summed E-state index contributed by atoms with van der Waals surface area (Å²) in [7, 11) is 2.81. The van der Waals surface area contributed by atoms with Crippen LogP contribution in [-0.2, 0) is 60.8 Å². The van der Waals surface area contributed by atoms with Crippen LogP contribution in [0.3, 0.4) is 0 Å². The van der Waals surface area contributed by atoms with Crippen molar-refractivity contribution in [2.24, 2.45) is 5.73 Å². The molecule has 85 heavy (non-hydrogen) atoms. The molecule has 2 fully saturated rings. The van der Waals surface area contributed by atoms with Gasteiger partial charge in [-0.15, -0.1) is 0 Å². The minimum Gasteiger partial charge on any atom is -0.525 e. The molecule has 2 saturated heterocycles. The van der Waals surface area contributed by atoms with E-state index in [1.54, 1.807) is 0 Å². The predicted octanol–water partition coefficient (Wildman–Crippen LogP) is 4.24. The number of benzene rings is 8. The van der Waals surface area contributed by atoms with Gasteiger partial charge in [0.2, 0.25) is 0 Å². The summed E-state index contributed by atoms with van der Waals surface area (Å²) < 4.78 is 39.2. The molecule has 0 saturated carbocycles. The Morgan fingerprint density at radius 3 is 1.56 bits per heavy atom. The first kappa shape index (κ1) is 66.5. The molecule has 2 aliphatic heterocycles. The molecule has 0 radical (unpaired) electrons. The Labute approximate surface area is 515 Å². The van der Waals surface area contributed by atoms with Crippen LogP contribution < -0.4 is 56.6 Å². The summed E-state index contributed by atoms with van der Waals surface area (Å²) in [6.45, 7) is 4.43. The van der Waals surface area contributed by atoms with Gasteiger partial charge in [-0.05, 0) is 121 Å². The number of aliphatic hydroxyl groups is 3. The Kier molecular flexibility index (Phi) is 26.4. The number of nitrogens with two attached hydrogens (primary N) is 1. The second-order valence-corrected chi connectivity index (χ2v) is 20.9. The van der Waals surface area contributed by atoms with E-state index in [-0.39, 0.29) is 68.1 Å². The van der Waals surface area contributed by atoms with E-state index in [4.69, 9.17) is 48.5 Å². The Bertz CT molecular complexity index is 3370. The van der Waals surface area contributed by atoms with Crippen LogP contribution in [0.1, 0.15) is 62.5 Å². The van der Waals surface area contributed by atoms with Gasteiger partial charge in [-0.25, -0.2) is 9.59 Å². The van der Waals surface area contributed by atoms with Gasteiger partial charge in [-0.3, -0.25) is 0 Å². The number of unbranched alkanes of at least 4 members (excludes halogenated alkanes) is 6. The van der Waals surface area contributed by atoms with Gasteiger partial charge in [0, 0.05) is 33.9 Å². The van der Waals surface area contributed by atoms with Crippen LogP contribution in [0.4, 0.5) is 9.59 Å². The summed E-state index contributed by atoms with van der Waals surface area (Å²) in [5.41, 5.74) is 7.48. The van der Waals surface area contributed by atoms with E-state index in [0.717, 1.165) is 79.8 Å². The van der Waals surface area contributed by atoms with Crippen molar-refractivity contribution in [3.8, 4) is 0 Å². The number of methoxy groups -OCH3 is 2. The SMILES string of the molecule is COC1[CH-]OC(OC2C(O)C(CNCCCCCCNC(=O)OCc3ccc4ccc5cccc6ccc3c4c56)OC(OC)C2NCC=O)C(O)C1O.NCCCCCCNC(=O)OCc1ccc2ccc3cccc4ccc1c2c34.O=C=O.[Na+]. The number of hydrogen-bond donors (Lipinski definition) is 8. The molecule has 0 bridgehead atoms. The summed E-state index contributed by atoms with van der Waals surface area (Å²) in [5, 5.41) is 58.6. The summed E-state index contributed by atoms with van der Waals surface area (Å²) >= 11 is 0. The standard InChI is InChI=1S/C39H50N3O11.C24H26N2O2.CO2.Na/c1-48-29-22-50-38(35(46)33(29)44)53-36-32(41-18-19-43)37(49-2)52-28(34(36)45)20-40-16-5-3-4-6-17-42-39(47)51-21-26-13-12-25-11-10-23-8-7-9-24-14-15-27(26)31(25)30(23)24;25-14-3-1-2-4-15-26-24(27)28-16-20-11-10-19-9-8-17-6-5-7-18-12-13-21(20)23(19)22(17)18;2-1-3;/h7-15,19,22,28-29,32-38,40-41,44-46H,3-6,16-18,20-21H2,1-2H3,(H,42,47);5-13H,1-4,14-16,25H2,(H,26,27);;/q-1;;;+1. The number of rotatable bonds is 26. The molecule has 21 heteroatoms. The monoisotopic (exact) mass is 1180 g/mol. The number of aldehydes is 1. The average molecular weight is 1180 g/mol. The Morgan fingerprint density at radius 1 is 0.612 bits per heavy atom. The quantitative estimate of drug-likeness (QED) is 0.0124. The van der Waals surface area contributed by atoms with Gasteiger partial charge in [0.05, 0.1) is 18.7 Å². The normalized spacial score (nSPS) is 21.2. The van der Waals surface area contributed by atoms with Crippen LogP contribution >= 0.6 is 0 Å². The molecular formula is C64H76N5NaO15. The van der Waals surface area contributed by atoms with Crippen molar-refractivity contribution in [3.63, 3.8) is 0 Å². The summed E-state index contributed by atoms with van der Waals surface area (Å²) in [4.78, 5) is 51.9. The van der Waals surface area contributed by atoms with Crippen molar-refractivity contribution in [1.29, 1.82) is 0 Å². The van der Waals surface area contributed by atoms with E-state index < -0.39 is 61.3 Å². The predicted molar refractivity (Wildman–Crippen MR) is 317 cm³/mol. The number of ether oxygens (including phenoxy) is 7. The van der Waals surface area contributed by atoms with Crippen molar-refractivity contribution >= 4 is 89.3 Å². The van der Waals surface area contributed by atoms with Crippen LogP contribution in [0.15, 0.2) is 109 Å². The molecule has 9 unspecified atom stereocenters. The van der Waals surface area contributed by atoms with Crippen molar-refractivity contribution in [2.75, 3.05) is 53.5 Å². The summed E-state index contributed by atoms with van der Waals surface area (Å²) in [5.74, 6) is 0. The number of carbonyl (C=O) groups is 3. The molecule has 2 amide bonds.